The van der Waals surface area contributed by atoms with Crippen LogP contribution in [0.1, 0.15) is 35.4 Å². The second kappa shape index (κ2) is 7.94. The number of benzene rings is 1. The van der Waals surface area contributed by atoms with Crippen molar-refractivity contribution < 1.29 is 52.1 Å². The van der Waals surface area contributed by atoms with Crippen LogP contribution in [0.4, 0.5) is 10.5 Å². The predicted octanol–water partition coefficient (Wildman–Crippen LogP) is 1.41. The quantitative estimate of drug-likeness (QED) is 0.745. The van der Waals surface area contributed by atoms with Crippen LogP contribution in [-0.4, -0.2) is 42.9 Å². The van der Waals surface area contributed by atoms with Crippen molar-refractivity contribution in [2.24, 2.45) is 0 Å². The molecular weight excluding hydrogens is 385 g/mol. The van der Waals surface area contributed by atoms with Crippen LogP contribution < -0.4 is 10.2 Å². The minimum absolute atomic E-state index is 0. The predicted molar refractivity (Wildman–Crippen MR) is 84.4 cm³/mol. The summed E-state index contributed by atoms with van der Waals surface area (Å²) in [6, 6.07) is 5.37. The number of carbonyl (C=O) groups excluding carboxylic acids is 2. The molecule has 0 bridgehead atoms. The summed E-state index contributed by atoms with van der Waals surface area (Å²) in [5.74, 6) is 0.360. The number of piperidine rings is 1. The van der Waals surface area contributed by atoms with E-state index < -0.39 is 12.2 Å². The van der Waals surface area contributed by atoms with Crippen LogP contribution in [0.25, 0.3) is 0 Å². The fourth-order valence-corrected chi connectivity index (χ4v) is 3.25. The molecular formula is C17H21N2O4Y+2. The first-order valence-electron chi connectivity index (χ1n) is 7.88. The van der Waals surface area contributed by atoms with Crippen molar-refractivity contribution in [2.45, 2.75) is 38.7 Å². The Morgan fingerprint density at radius 1 is 1.42 bits per heavy atom. The first-order valence-corrected chi connectivity index (χ1v) is 7.88. The molecule has 2 saturated heterocycles. The van der Waals surface area contributed by atoms with Gasteiger partial charge in [-0.3, -0.25) is 4.79 Å². The molecule has 0 radical (unpaired) electrons. The van der Waals surface area contributed by atoms with Gasteiger partial charge in [0.1, 0.15) is 6.10 Å². The van der Waals surface area contributed by atoms with Crippen molar-refractivity contribution in [3.8, 4) is 0 Å². The molecule has 24 heavy (non-hydrogen) atoms. The average molecular weight is 406 g/mol. The van der Waals surface area contributed by atoms with Gasteiger partial charge in [0.05, 0.1) is 13.2 Å². The van der Waals surface area contributed by atoms with Gasteiger partial charge in [-0.2, -0.15) is 17.2 Å². The standard InChI is InChI=1S/C17H21N2O4.Y/c1-10-6-15(19-8-13(9-20)23-17(19)22)11(2)5-14(10)12-3-4-16(21)18-7-12;/h6,12-13,20H,3-4,7-9H2,1-2H3,(H,18,21);/q-1;+3. The van der Waals surface area contributed by atoms with E-state index in [-0.39, 0.29) is 51.1 Å². The van der Waals surface area contributed by atoms with Crippen molar-refractivity contribution in [3.63, 3.8) is 0 Å². The number of nitrogens with zero attached hydrogens (tertiary/aromatic N) is 1. The number of hydrogen-bond donors (Lipinski definition) is 2. The number of anilines is 1. The van der Waals surface area contributed by atoms with Crippen molar-refractivity contribution in [3.05, 3.63) is 28.8 Å². The molecule has 0 aliphatic carbocycles. The number of cyclic esters (lactones) is 1. The Labute approximate surface area is 166 Å². The maximum absolute atomic E-state index is 12.0. The summed E-state index contributed by atoms with van der Waals surface area (Å²) in [7, 11) is 0. The zero-order valence-corrected chi connectivity index (χ0v) is 16.8. The Balaban J connectivity index is 0.00000208. The molecule has 3 rings (SSSR count). The molecule has 0 aromatic heterocycles. The topological polar surface area (TPSA) is 78.9 Å². The van der Waals surface area contributed by atoms with Crippen molar-refractivity contribution >= 4 is 17.7 Å². The molecule has 1 aromatic carbocycles. The van der Waals surface area contributed by atoms with Crippen LogP contribution in [0.15, 0.2) is 6.07 Å². The van der Waals surface area contributed by atoms with E-state index in [9.17, 15) is 9.59 Å². The van der Waals surface area contributed by atoms with Gasteiger partial charge in [0.2, 0.25) is 5.91 Å². The van der Waals surface area contributed by atoms with Gasteiger partial charge in [-0.1, -0.05) is 19.5 Å². The monoisotopic (exact) mass is 406 g/mol. The Bertz CT molecular complexity index is 640. The second-order valence-corrected chi connectivity index (χ2v) is 6.21. The van der Waals surface area contributed by atoms with Crippen LogP contribution in [0.3, 0.4) is 0 Å². The number of carbonyl (C=O) groups is 2. The number of aliphatic hydroxyl groups is 1. The van der Waals surface area contributed by atoms with Gasteiger partial charge < -0.3 is 20.1 Å². The van der Waals surface area contributed by atoms with Crippen LogP contribution in [-0.2, 0) is 42.2 Å². The van der Waals surface area contributed by atoms with Crippen molar-refractivity contribution in [1.82, 2.24) is 5.32 Å². The molecule has 2 unspecified atom stereocenters. The van der Waals surface area contributed by atoms with Gasteiger partial charge in [0, 0.05) is 13.0 Å². The Kier molecular flexibility index (Phi) is 6.40. The molecule has 2 fully saturated rings. The Morgan fingerprint density at radius 3 is 2.75 bits per heavy atom. The maximum Gasteiger partial charge on any atom is 3.00 e. The van der Waals surface area contributed by atoms with Gasteiger partial charge in [-0.25, -0.2) is 4.79 Å². The van der Waals surface area contributed by atoms with Crippen LogP contribution in [0, 0.1) is 19.9 Å². The third kappa shape index (κ3) is 3.81. The van der Waals surface area contributed by atoms with E-state index in [1.165, 1.54) is 0 Å². The van der Waals surface area contributed by atoms with Gasteiger partial charge in [-0.15, -0.1) is 11.6 Å². The number of aryl methyl sites for hydroxylation is 2. The maximum atomic E-state index is 12.0. The first kappa shape index (κ1) is 19.3. The molecule has 124 valence electrons. The van der Waals surface area contributed by atoms with E-state index in [4.69, 9.17) is 9.84 Å². The summed E-state index contributed by atoms with van der Waals surface area (Å²) in [6.07, 6.45) is 0.448. The van der Waals surface area contributed by atoms with E-state index in [0.29, 0.717) is 19.5 Å². The fourth-order valence-electron chi connectivity index (χ4n) is 3.25. The van der Waals surface area contributed by atoms with E-state index in [1.54, 1.807) is 4.90 Å². The number of amides is 2. The number of ether oxygens (including phenoxy) is 1. The molecule has 7 heteroatoms. The fraction of sp³-hybridized carbons (Fsp3) is 0.529. The third-order valence-corrected chi connectivity index (χ3v) is 4.53. The Morgan fingerprint density at radius 2 is 2.17 bits per heavy atom. The summed E-state index contributed by atoms with van der Waals surface area (Å²) in [4.78, 5) is 24.8. The van der Waals surface area contributed by atoms with Crippen LogP contribution in [0.5, 0.6) is 0 Å². The minimum Gasteiger partial charge on any atom is -0.442 e. The number of hydrogen-bond acceptors (Lipinski definition) is 4. The molecule has 0 saturated carbocycles. The van der Waals surface area contributed by atoms with Gasteiger partial charge in [-0.05, 0) is 12.3 Å². The SMILES string of the molecule is Cc1[c-]c(C2CCC(=O)NC2)c(C)cc1N1CC(CO)OC1=O.[Y+3]. The Hall–Kier alpha value is -0.976. The van der Waals surface area contributed by atoms with Gasteiger partial charge in [0.25, 0.3) is 0 Å². The molecule has 2 amide bonds. The average Bonchev–Trinajstić information content (AvgIpc) is 2.91. The summed E-state index contributed by atoms with van der Waals surface area (Å²) in [5.41, 5.74) is 3.79. The third-order valence-electron chi connectivity index (χ3n) is 4.53. The van der Waals surface area contributed by atoms with E-state index >= 15 is 0 Å². The minimum atomic E-state index is -0.476. The molecule has 6 nitrogen and oxygen atoms in total. The molecule has 2 heterocycles. The second-order valence-electron chi connectivity index (χ2n) is 6.21. The smallest absolute Gasteiger partial charge is 0.442 e. The molecule has 1 aromatic rings. The van der Waals surface area contributed by atoms with Crippen molar-refractivity contribution in [1.29, 1.82) is 0 Å². The zero-order valence-electron chi connectivity index (χ0n) is 14.0. The van der Waals surface area contributed by atoms with E-state index in [0.717, 1.165) is 28.8 Å². The zero-order chi connectivity index (χ0) is 16.6. The van der Waals surface area contributed by atoms with Gasteiger partial charge >= 0.3 is 38.8 Å². The molecule has 2 aliphatic heterocycles. The van der Waals surface area contributed by atoms with Crippen LogP contribution >= 0.6 is 0 Å². The molecule has 2 aliphatic rings. The normalized spacial score (nSPS) is 23.5. The molecule has 0 spiro atoms. The number of nitrogens with one attached hydrogen (secondary N) is 1. The number of rotatable bonds is 3. The summed E-state index contributed by atoms with van der Waals surface area (Å²) in [5, 5.41) is 12.1. The van der Waals surface area contributed by atoms with Crippen molar-refractivity contribution in [2.75, 3.05) is 24.6 Å². The van der Waals surface area contributed by atoms with Crippen LogP contribution in [0.2, 0.25) is 0 Å². The number of aliphatic hydroxyl groups excluding tert-OH is 1. The largest absolute Gasteiger partial charge is 3.00 e. The molecule has 2 N–H and O–H groups in total. The summed E-state index contributed by atoms with van der Waals surface area (Å²) in [6.45, 7) is 4.72. The van der Waals surface area contributed by atoms with Gasteiger partial charge in [0.15, 0.2) is 0 Å². The van der Waals surface area contributed by atoms with E-state index in [1.807, 2.05) is 19.9 Å². The molecule has 2 atom stereocenters. The van der Waals surface area contributed by atoms with E-state index in [2.05, 4.69) is 11.4 Å². The summed E-state index contributed by atoms with van der Waals surface area (Å²) >= 11 is 0. The first-order chi connectivity index (χ1) is 11.0. The summed E-state index contributed by atoms with van der Waals surface area (Å²) < 4.78 is 5.11.